The summed E-state index contributed by atoms with van der Waals surface area (Å²) in [6, 6.07) is 0.489. The first-order chi connectivity index (χ1) is 8.73. The quantitative estimate of drug-likeness (QED) is 0.703. The molecule has 106 valence electrons. The van der Waals surface area contributed by atoms with Crippen molar-refractivity contribution >= 4 is 0 Å². The van der Waals surface area contributed by atoms with E-state index in [9.17, 15) is 5.11 Å². The van der Waals surface area contributed by atoms with E-state index in [2.05, 4.69) is 12.2 Å². The second kappa shape index (κ2) is 6.36. The second-order valence-corrected chi connectivity index (χ2v) is 6.48. The Balaban J connectivity index is 1.96. The Kier molecular flexibility index (Phi) is 5.05. The number of hydrogen-bond donors (Lipinski definition) is 3. The van der Waals surface area contributed by atoms with E-state index in [1.807, 2.05) is 0 Å². The smallest absolute Gasteiger partial charge is 0.0474 e. The summed E-state index contributed by atoms with van der Waals surface area (Å²) in [5.41, 5.74) is 6.23. The molecule has 2 aliphatic carbocycles. The van der Waals surface area contributed by atoms with Gasteiger partial charge >= 0.3 is 0 Å². The van der Waals surface area contributed by atoms with Gasteiger partial charge in [-0.25, -0.2) is 0 Å². The number of nitrogens with two attached hydrogens (primary N) is 1. The molecule has 0 spiro atoms. The largest absolute Gasteiger partial charge is 0.396 e. The predicted octanol–water partition coefficient (Wildman–Crippen LogP) is 2.03. The molecule has 0 radical (unpaired) electrons. The lowest BCUT2D eigenvalue weighted by molar-refractivity contribution is 0.127. The highest BCUT2D eigenvalue weighted by Crippen LogP contribution is 2.37. The van der Waals surface area contributed by atoms with Gasteiger partial charge in [0.25, 0.3) is 0 Å². The maximum absolute atomic E-state index is 9.52. The van der Waals surface area contributed by atoms with Crippen LogP contribution in [0, 0.1) is 11.8 Å². The maximum Gasteiger partial charge on any atom is 0.0474 e. The van der Waals surface area contributed by atoms with E-state index in [4.69, 9.17) is 5.73 Å². The van der Waals surface area contributed by atoms with Gasteiger partial charge in [-0.05, 0) is 43.9 Å². The summed E-state index contributed by atoms with van der Waals surface area (Å²) < 4.78 is 0. The molecule has 0 aromatic rings. The van der Waals surface area contributed by atoms with Gasteiger partial charge < -0.3 is 16.2 Å². The fourth-order valence-electron chi connectivity index (χ4n) is 3.97. The summed E-state index contributed by atoms with van der Waals surface area (Å²) in [4.78, 5) is 0. The molecule has 0 aromatic carbocycles. The van der Waals surface area contributed by atoms with Gasteiger partial charge in [0.15, 0.2) is 0 Å². The Hall–Kier alpha value is -0.120. The number of rotatable bonds is 5. The van der Waals surface area contributed by atoms with Crippen LogP contribution in [0.3, 0.4) is 0 Å². The predicted molar refractivity (Wildman–Crippen MR) is 75.4 cm³/mol. The van der Waals surface area contributed by atoms with Gasteiger partial charge in [-0.15, -0.1) is 0 Å². The van der Waals surface area contributed by atoms with Crippen LogP contribution in [-0.2, 0) is 0 Å². The van der Waals surface area contributed by atoms with Crippen molar-refractivity contribution in [3.05, 3.63) is 0 Å². The van der Waals surface area contributed by atoms with Gasteiger partial charge in [0.1, 0.15) is 0 Å². The molecule has 4 N–H and O–H groups in total. The third-order valence-electron chi connectivity index (χ3n) is 5.31. The van der Waals surface area contributed by atoms with Crippen LogP contribution in [0.2, 0.25) is 0 Å². The zero-order valence-corrected chi connectivity index (χ0v) is 11.8. The molecule has 0 saturated heterocycles. The van der Waals surface area contributed by atoms with Crippen LogP contribution >= 0.6 is 0 Å². The first kappa shape index (κ1) is 14.3. The van der Waals surface area contributed by atoms with E-state index >= 15 is 0 Å². The third-order valence-corrected chi connectivity index (χ3v) is 5.31. The van der Waals surface area contributed by atoms with Gasteiger partial charge in [-0.3, -0.25) is 0 Å². The van der Waals surface area contributed by atoms with E-state index in [0.29, 0.717) is 18.6 Å². The van der Waals surface area contributed by atoms with Crippen molar-refractivity contribution < 1.29 is 5.11 Å². The molecule has 2 fully saturated rings. The highest BCUT2D eigenvalue weighted by atomic mass is 16.3. The molecule has 0 aromatic heterocycles. The molecule has 2 rings (SSSR count). The lowest BCUT2D eigenvalue weighted by Crippen LogP contribution is -2.56. The second-order valence-electron chi connectivity index (χ2n) is 6.48. The standard InChI is InChI=1S/C15H30N2O/c1-2-12-7-8-15(9-12,11-16)17-14-6-4-3-5-13(14)10-18/h12-14,17-18H,2-11,16H2,1H3. The van der Waals surface area contributed by atoms with Crippen LogP contribution in [0.25, 0.3) is 0 Å². The molecule has 4 unspecified atom stereocenters. The van der Waals surface area contributed by atoms with Gasteiger partial charge in [-0.2, -0.15) is 0 Å². The highest BCUT2D eigenvalue weighted by Gasteiger charge is 2.40. The Labute approximate surface area is 112 Å². The van der Waals surface area contributed by atoms with E-state index in [1.54, 1.807) is 0 Å². The monoisotopic (exact) mass is 254 g/mol. The van der Waals surface area contributed by atoms with Crippen molar-refractivity contribution in [2.24, 2.45) is 17.6 Å². The first-order valence-electron chi connectivity index (χ1n) is 7.81. The van der Waals surface area contributed by atoms with Crippen LogP contribution < -0.4 is 11.1 Å². The Morgan fingerprint density at radius 1 is 1.28 bits per heavy atom. The topological polar surface area (TPSA) is 58.3 Å². The van der Waals surface area contributed by atoms with E-state index < -0.39 is 0 Å². The summed E-state index contributed by atoms with van der Waals surface area (Å²) in [6.45, 7) is 3.36. The number of aliphatic hydroxyl groups is 1. The minimum absolute atomic E-state index is 0.163. The SMILES string of the molecule is CCC1CCC(CN)(NC2CCCCC2CO)C1. The van der Waals surface area contributed by atoms with Crippen molar-refractivity contribution in [1.82, 2.24) is 5.32 Å². The highest BCUT2D eigenvalue weighted by molar-refractivity contribution is 5.00. The fraction of sp³-hybridized carbons (Fsp3) is 1.00. The number of hydrogen-bond acceptors (Lipinski definition) is 3. The van der Waals surface area contributed by atoms with E-state index in [1.165, 1.54) is 51.4 Å². The molecule has 18 heavy (non-hydrogen) atoms. The molecule has 0 bridgehead atoms. The van der Waals surface area contributed by atoms with Crippen molar-refractivity contribution in [1.29, 1.82) is 0 Å². The molecule has 2 saturated carbocycles. The normalized spacial score (nSPS) is 41.2. The fourth-order valence-corrected chi connectivity index (χ4v) is 3.97. The Bertz CT molecular complexity index is 259. The maximum atomic E-state index is 9.52. The zero-order chi connectivity index (χ0) is 13.0. The molecule has 0 aliphatic heterocycles. The van der Waals surface area contributed by atoms with Crippen LogP contribution in [0.15, 0.2) is 0 Å². The Morgan fingerprint density at radius 3 is 2.67 bits per heavy atom. The van der Waals surface area contributed by atoms with Crippen molar-refractivity contribution in [3.63, 3.8) is 0 Å². The molecule has 2 aliphatic rings. The summed E-state index contributed by atoms with van der Waals surface area (Å²) >= 11 is 0. The number of aliphatic hydroxyl groups excluding tert-OH is 1. The Morgan fingerprint density at radius 2 is 2.06 bits per heavy atom. The molecular weight excluding hydrogens is 224 g/mol. The summed E-state index contributed by atoms with van der Waals surface area (Å²) in [6.07, 6.45) is 10.00. The zero-order valence-electron chi connectivity index (χ0n) is 11.8. The summed E-state index contributed by atoms with van der Waals surface area (Å²) in [5.74, 6) is 1.29. The lowest BCUT2D eigenvalue weighted by Gasteiger charge is -2.39. The lowest BCUT2D eigenvalue weighted by atomic mass is 9.82. The number of nitrogens with one attached hydrogen (secondary N) is 1. The molecule has 0 amide bonds. The molecule has 3 nitrogen and oxygen atoms in total. The van der Waals surface area contributed by atoms with Gasteiger partial charge in [0.2, 0.25) is 0 Å². The van der Waals surface area contributed by atoms with Crippen LogP contribution in [0.4, 0.5) is 0 Å². The van der Waals surface area contributed by atoms with Crippen molar-refractivity contribution in [2.75, 3.05) is 13.2 Å². The molecule has 4 atom stereocenters. The minimum Gasteiger partial charge on any atom is -0.396 e. The van der Waals surface area contributed by atoms with Crippen LogP contribution in [0.1, 0.15) is 58.3 Å². The summed E-state index contributed by atoms with van der Waals surface area (Å²) in [7, 11) is 0. The first-order valence-corrected chi connectivity index (χ1v) is 7.81. The van der Waals surface area contributed by atoms with Crippen molar-refractivity contribution in [2.45, 2.75) is 69.9 Å². The van der Waals surface area contributed by atoms with Gasteiger partial charge in [0.05, 0.1) is 0 Å². The average Bonchev–Trinajstić information content (AvgIpc) is 2.83. The molecule has 3 heteroatoms. The van der Waals surface area contributed by atoms with Crippen LogP contribution in [-0.4, -0.2) is 29.8 Å². The van der Waals surface area contributed by atoms with Gasteiger partial charge in [-0.1, -0.05) is 26.2 Å². The van der Waals surface area contributed by atoms with E-state index in [-0.39, 0.29) is 5.54 Å². The van der Waals surface area contributed by atoms with Gasteiger partial charge in [0, 0.05) is 24.7 Å². The van der Waals surface area contributed by atoms with Crippen LogP contribution in [0.5, 0.6) is 0 Å². The molecule has 0 heterocycles. The third kappa shape index (κ3) is 3.06. The summed E-state index contributed by atoms with van der Waals surface area (Å²) in [5, 5.41) is 13.4. The average molecular weight is 254 g/mol. The minimum atomic E-state index is 0.163. The molecular formula is C15H30N2O. The van der Waals surface area contributed by atoms with E-state index in [0.717, 1.165) is 12.5 Å². The van der Waals surface area contributed by atoms with Crippen molar-refractivity contribution in [3.8, 4) is 0 Å².